The zero-order chi connectivity index (χ0) is 16.7. The maximum atomic E-state index is 13.1. The molecule has 1 amide bonds. The summed E-state index contributed by atoms with van der Waals surface area (Å²) >= 11 is 0. The molecule has 1 N–H and O–H groups in total. The zero-order valence-corrected chi connectivity index (χ0v) is 13.2. The van der Waals surface area contributed by atoms with Gasteiger partial charge in [0.15, 0.2) is 11.5 Å². The van der Waals surface area contributed by atoms with Crippen LogP contribution in [0.1, 0.15) is 37.2 Å². The van der Waals surface area contributed by atoms with Crippen LogP contribution in [0.5, 0.6) is 0 Å². The molecule has 122 valence electrons. The summed E-state index contributed by atoms with van der Waals surface area (Å²) in [6.45, 7) is 1.89. The Kier molecular flexibility index (Phi) is 3.33. The van der Waals surface area contributed by atoms with Crippen molar-refractivity contribution in [2.24, 2.45) is 0 Å². The molecule has 5 nitrogen and oxygen atoms in total. The lowest BCUT2D eigenvalue weighted by atomic mass is 9.94. The van der Waals surface area contributed by atoms with Gasteiger partial charge in [0, 0.05) is 6.20 Å². The molecule has 2 heterocycles. The molecule has 2 aromatic heterocycles. The van der Waals surface area contributed by atoms with Crippen LogP contribution in [0.25, 0.3) is 5.65 Å². The van der Waals surface area contributed by atoms with Crippen LogP contribution in [0.3, 0.4) is 0 Å². The molecule has 1 aromatic carbocycles. The van der Waals surface area contributed by atoms with E-state index in [1.165, 1.54) is 12.1 Å². The first kappa shape index (κ1) is 14.8. The molecule has 1 aliphatic rings. The average Bonchev–Trinajstić information content (AvgIpc) is 3.28. The van der Waals surface area contributed by atoms with E-state index in [1.54, 1.807) is 12.1 Å². The second-order valence-corrected chi connectivity index (χ2v) is 6.27. The van der Waals surface area contributed by atoms with Gasteiger partial charge in [-0.15, -0.1) is 10.2 Å². The van der Waals surface area contributed by atoms with Crippen molar-refractivity contribution in [1.29, 1.82) is 0 Å². The first-order valence-corrected chi connectivity index (χ1v) is 7.97. The van der Waals surface area contributed by atoms with Gasteiger partial charge in [0.1, 0.15) is 5.82 Å². The molecular weight excluding hydrogens is 307 g/mol. The van der Waals surface area contributed by atoms with E-state index < -0.39 is 5.41 Å². The number of pyridine rings is 1. The van der Waals surface area contributed by atoms with E-state index in [1.807, 2.05) is 35.7 Å². The molecule has 1 aliphatic carbocycles. The monoisotopic (exact) mass is 324 g/mol. The topological polar surface area (TPSA) is 59.3 Å². The molecule has 0 radical (unpaired) electrons. The molecule has 4 rings (SSSR count). The molecule has 0 bridgehead atoms. The highest BCUT2D eigenvalue weighted by Crippen LogP contribution is 2.48. The summed E-state index contributed by atoms with van der Waals surface area (Å²) in [5.41, 5.74) is 1.07. The predicted octanol–water partition coefficient (Wildman–Crippen LogP) is 2.78. The van der Waals surface area contributed by atoms with Crippen molar-refractivity contribution in [2.45, 2.75) is 31.2 Å². The lowest BCUT2D eigenvalue weighted by molar-refractivity contribution is -0.124. The van der Waals surface area contributed by atoms with Gasteiger partial charge in [-0.3, -0.25) is 9.20 Å². The SMILES string of the molecule is C[C@H](NC(=O)C1(c2ccc(F)cc2)CC1)c1nnc2ccccn12. The van der Waals surface area contributed by atoms with Gasteiger partial charge in [0.05, 0.1) is 11.5 Å². The van der Waals surface area contributed by atoms with E-state index in [4.69, 9.17) is 0 Å². The van der Waals surface area contributed by atoms with Crippen molar-refractivity contribution in [3.63, 3.8) is 0 Å². The number of rotatable bonds is 4. The molecule has 1 saturated carbocycles. The van der Waals surface area contributed by atoms with Crippen LogP contribution in [-0.4, -0.2) is 20.5 Å². The van der Waals surface area contributed by atoms with Crippen LogP contribution >= 0.6 is 0 Å². The standard InChI is InChI=1S/C18H17FN4O/c1-12(16-22-21-15-4-2-3-11-23(15)16)20-17(24)18(9-10-18)13-5-7-14(19)8-6-13/h2-8,11-12H,9-10H2,1H3,(H,20,24)/t12-/m0/s1. The summed E-state index contributed by atoms with van der Waals surface area (Å²) in [5.74, 6) is 0.349. The van der Waals surface area contributed by atoms with E-state index in [0.717, 1.165) is 24.1 Å². The quantitative estimate of drug-likeness (QED) is 0.803. The number of amides is 1. The first-order valence-electron chi connectivity index (χ1n) is 7.97. The van der Waals surface area contributed by atoms with E-state index >= 15 is 0 Å². The Labute approximate surface area is 138 Å². The number of hydrogen-bond acceptors (Lipinski definition) is 3. The highest BCUT2D eigenvalue weighted by molar-refractivity contribution is 5.91. The number of fused-ring (bicyclic) bond motifs is 1. The molecule has 0 aliphatic heterocycles. The van der Waals surface area contributed by atoms with Crippen molar-refractivity contribution < 1.29 is 9.18 Å². The van der Waals surface area contributed by atoms with Crippen LogP contribution in [0.4, 0.5) is 4.39 Å². The van der Waals surface area contributed by atoms with Crippen LogP contribution < -0.4 is 5.32 Å². The third kappa shape index (κ3) is 2.35. The zero-order valence-electron chi connectivity index (χ0n) is 13.2. The molecule has 6 heteroatoms. The van der Waals surface area contributed by atoms with Crippen LogP contribution in [0, 0.1) is 5.82 Å². The lowest BCUT2D eigenvalue weighted by Crippen LogP contribution is -2.37. The number of nitrogens with one attached hydrogen (secondary N) is 1. The van der Waals surface area contributed by atoms with Gasteiger partial charge in [0.25, 0.3) is 0 Å². The molecule has 1 fully saturated rings. The Balaban J connectivity index is 1.56. The number of halogens is 1. The van der Waals surface area contributed by atoms with Crippen molar-refractivity contribution in [3.8, 4) is 0 Å². The van der Waals surface area contributed by atoms with Gasteiger partial charge in [-0.25, -0.2) is 4.39 Å². The fourth-order valence-corrected chi connectivity index (χ4v) is 3.10. The van der Waals surface area contributed by atoms with Gasteiger partial charge >= 0.3 is 0 Å². The molecule has 0 spiro atoms. The summed E-state index contributed by atoms with van der Waals surface area (Å²) in [5, 5.41) is 11.3. The smallest absolute Gasteiger partial charge is 0.231 e. The first-order chi connectivity index (χ1) is 11.6. The Hall–Kier alpha value is -2.76. The largest absolute Gasteiger partial charge is 0.346 e. The maximum Gasteiger partial charge on any atom is 0.231 e. The fourth-order valence-electron chi connectivity index (χ4n) is 3.10. The third-order valence-electron chi connectivity index (χ3n) is 4.66. The highest BCUT2D eigenvalue weighted by atomic mass is 19.1. The second-order valence-electron chi connectivity index (χ2n) is 6.27. The predicted molar refractivity (Wildman–Crippen MR) is 86.9 cm³/mol. The van der Waals surface area contributed by atoms with Crippen LogP contribution in [0.2, 0.25) is 0 Å². The molecular formula is C18H17FN4O. The average molecular weight is 324 g/mol. The van der Waals surface area contributed by atoms with Gasteiger partial charge < -0.3 is 5.32 Å². The van der Waals surface area contributed by atoms with Gasteiger partial charge in [-0.2, -0.15) is 0 Å². The lowest BCUT2D eigenvalue weighted by Gasteiger charge is -2.19. The van der Waals surface area contributed by atoms with Crippen LogP contribution in [0.15, 0.2) is 48.7 Å². The molecule has 24 heavy (non-hydrogen) atoms. The minimum absolute atomic E-state index is 0.0470. The second kappa shape index (κ2) is 5.40. The Morgan fingerprint density at radius 3 is 2.67 bits per heavy atom. The normalized spacial score (nSPS) is 16.8. The fraction of sp³-hybridized carbons (Fsp3) is 0.278. The summed E-state index contributed by atoms with van der Waals surface area (Å²) in [6, 6.07) is 11.6. The number of benzene rings is 1. The number of aromatic nitrogens is 3. The van der Waals surface area contributed by atoms with Gasteiger partial charge in [0.2, 0.25) is 5.91 Å². The van der Waals surface area contributed by atoms with Crippen molar-refractivity contribution >= 4 is 11.6 Å². The van der Waals surface area contributed by atoms with Gasteiger partial charge in [-0.1, -0.05) is 18.2 Å². The number of carbonyl (C=O) groups is 1. The maximum absolute atomic E-state index is 13.1. The van der Waals surface area contributed by atoms with E-state index in [-0.39, 0.29) is 17.8 Å². The summed E-state index contributed by atoms with van der Waals surface area (Å²) in [6.07, 6.45) is 3.43. The number of nitrogens with zero attached hydrogens (tertiary/aromatic N) is 3. The van der Waals surface area contributed by atoms with Crippen LogP contribution in [-0.2, 0) is 10.2 Å². The van der Waals surface area contributed by atoms with E-state index in [0.29, 0.717) is 5.82 Å². The highest BCUT2D eigenvalue weighted by Gasteiger charge is 2.51. The minimum Gasteiger partial charge on any atom is -0.346 e. The van der Waals surface area contributed by atoms with Crippen molar-refractivity contribution in [3.05, 3.63) is 65.9 Å². The molecule has 0 unspecified atom stereocenters. The minimum atomic E-state index is -0.539. The van der Waals surface area contributed by atoms with E-state index in [9.17, 15) is 9.18 Å². The molecule has 3 aromatic rings. The summed E-state index contributed by atoms with van der Waals surface area (Å²) < 4.78 is 15.0. The van der Waals surface area contributed by atoms with Crippen molar-refractivity contribution in [2.75, 3.05) is 0 Å². The third-order valence-corrected chi connectivity index (χ3v) is 4.66. The molecule has 1 atom stereocenters. The number of hydrogen-bond donors (Lipinski definition) is 1. The summed E-state index contributed by atoms with van der Waals surface area (Å²) in [4.78, 5) is 12.8. The Morgan fingerprint density at radius 1 is 1.21 bits per heavy atom. The Morgan fingerprint density at radius 2 is 1.96 bits per heavy atom. The van der Waals surface area contributed by atoms with E-state index in [2.05, 4.69) is 15.5 Å². The Bertz CT molecular complexity index is 899. The summed E-state index contributed by atoms with van der Waals surface area (Å²) in [7, 11) is 0. The number of carbonyl (C=O) groups excluding carboxylic acids is 1. The van der Waals surface area contributed by atoms with Crippen molar-refractivity contribution in [1.82, 2.24) is 19.9 Å². The van der Waals surface area contributed by atoms with Gasteiger partial charge in [-0.05, 0) is 49.6 Å². The molecule has 0 saturated heterocycles.